The molecule has 0 aliphatic heterocycles. The average Bonchev–Trinajstić information content (AvgIpc) is 1.33. The van der Waals surface area contributed by atoms with E-state index in [1.165, 1.54) is 6.42 Å². The number of hydrogen-bond acceptors (Lipinski definition) is 2. The molecule has 0 radical (unpaired) electrons. The van der Waals surface area contributed by atoms with Crippen molar-refractivity contribution in [2.75, 3.05) is 0 Å². The first kappa shape index (κ1) is 10.0. The van der Waals surface area contributed by atoms with E-state index in [0.29, 0.717) is 0 Å². The first-order chi connectivity index (χ1) is 3.15. The van der Waals surface area contributed by atoms with Crippen molar-refractivity contribution in [1.82, 2.24) is 0 Å². The molecule has 0 bridgehead atoms. The van der Waals surface area contributed by atoms with Gasteiger partial charge in [0.2, 0.25) is 0 Å². The van der Waals surface area contributed by atoms with Gasteiger partial charge in [-0.3, -0.25) is 4.55 Å². The second-order valence-corrected chi connectivity index (χ2v) is 1.42. The summed E-state index contributed by atoms with van der Waals surface area (Å²) >= 11 is 0. The summed E-state index contributed by atoms with van der Waals surface area (Å²) in [6.45, 7) is 4.25. The molecule has 0 aliphatic carbocycles. The van der Waals surface area contributed by atoms with Crippen molar-refractivity contribution < 1.29 is 13.0 Å². The van der Waals surface area contributed by atoms with Gasteiger partial charge in [0.1, 0.15) is 0 Å². The van der Waals surface area contributed by atoms with Gasteiger partial charge in [-0.05, 0) is 0 Å². The largest absolute Gasteiger partial charge is 0.288 e. The van der Waals surface area contributed by atoms with Gasteiger partial charge in [0.25, 0.3) is 11.0 Å². The summed E-state index contributed by atoms with van der Waals surface area (Å²) in [7, 11) is -3.12. The van der Waals surface area contributed by atoms with Crippen LogP contribution in [0.5, 0.6) is 0 Å². The molecule has 0 aromatic rings. The van der Waals surface area contributed by atoms with Gasteiger partial charge in [-0.15, -0.1) is 0 Å². The molecule has 0 aromatic heterocycles. The van der Waals surface area contributed by atoms with Crippen LogP contribution in [0.1, 0.15) is 20.3 Å². The summed E-state index contributed by atoms with van der Waals surface area (Å²) < 4.78 is 24.2. The summed E-state index contributed by atoms with van der Waals surface area (Å²) in [5, 5.41) is 0. The van der Waals surface area contributed by atoms with E-state index in [0.717, 1.165) is 0 Å². The van der Waals surface area contributed by atoms with Gasteiger partial charge in [-0.2, -0.15) is 0 Å². The van der Waals surface area contributed by atoms with Crippen molar-refractivity contribution in [3.8, 4) is 0 Å². The Bertz CT molecular complexity index is 68.2. The molecule has 0 fully saturated rings. The van der Waals surface area contributed by atoms with Gasteiger partial charge in [0.15, 0.2) is 0 Å². The van der Waals surface area contributed by atoms with Crippen LogP contribution in [-0.4, -0.2) is 13.0 Å². The summed E-state index contributed by atoms with van der Waals surface area (Å²) in [6.07, 6.45) is 1.25. The maximum atomic E-state index is 8.59. The van der Waals surface area contributed by atoms with Crippen molar-refractivity contribution in [3.63, 3.8) is 0 Å². The highest BCUT2D eigenvalue weighted by atomic mass is 32.2. The first-order valence-corrected chi connectivity index (χ1v) is 3.11. The van der Waals surface area contributed by atoms with E-state index in [9.17, 15) is 0 Å². The number of rotatable bonds is 0. The van der Waals surface area contributed by atoms with Crippen molar-refractivity contribution >= 4 is 11.0 Å². The Morgan fingerprint density at radius 1 is 1.43 bits per heavy atom. The van der Waals surface area contributed by atoms with Crippen molar-refractivity contribution in [1.29, 1.82) is 0 Å². The highest BCUT2D eigenvalue weighted by molar-refractivity contribution is 7.66. The van der Waals surface area contributed by atoms with Crippen LogP contribution in [-0.2, 0) is 11.0 Å². The average molecular weight is 126 g/mol. The molecule has 0 saturated carbocycles. The molecule has 0 rings (SSSR count). The third-order valence-corrected chi connectivity index (χ3v) is 0. The standard InChI is InChI=1S/C3H8.H2O3S/c1-3-2;1-4(2)3/h3H2,1-2H3;4H,(H,1,2,3). The quantitative estimate of drug-likeness (QED) is 0.367. The lowest BCUT2D eigenvalue weighted by Crippen LogP contribution is -1.58. The maximum absolute atomic E-state index is 8.59. The van der Waals surface area contributed by atoms with Crippen LogP contribution >= 0.6 is 0 Å². The Morgan fingerprint density at radius 2 is 1.43 bits per heavy atom. The van der Waals surface area contributed by atoms with E-state index in [1.807, 2.05) is 0 Å². The topological polar surface area (TPSA) is 54.4 Å². The summed E-state index contributed by atoms with van der Waals surface area (Å²) in [6, 6.07) is 0. The minimum absolute atomic E-state index is 1.25. The van der Waals surface area contributed by atoms with Crippen LogP contribution in [0.25, 0.3) is 0 Å². The SMILES string of the molecule is CCC.O=[SH](=O)O. The lowest BCUT2D eigenvalue weighted by atomic mass is 10.6. The van der Waals surface area contributed by atoms with Crippen LogP contribution in [0.3, 0.4) is 0 Å². The van der Waals surface area contributed by atoms with Gasteiger partial charge >= 0.3 is 0 Å². The van der Waals surface area contributed by atoms with E-state index < -0.39 is 11.0 Å². The lowest BCUT2D eigenvalue weighted by Gasteiger charge is -1.48. The van der Waals surface area contributed by atoms with Crippen molar-refractivity contribution in [2.24, 2.45) is 0 Å². The van der Waals surface area contributed by atoms with Gasteiger partial charge in [0, 0.05) is 0 Å². The molecular weight excluding hydrogens is 116 g/mol. The third-order valence-electron chi connectivity index (χ3n) is 0. The van der Waals surface area contributed by atoms with Gasteiger partial charge in [0.05, 0.1) is 0 Å². The molecule has 0 unspecified atom stereocenters. The molecule has 0 atom stereocenters. The second kappa shape index (κ2) is 9.32. The van der Waals surface area contributed by atoms with Crippen LogP contribution in [0.4, 0.5) is 0 Å². The van der Waals surface area contributed by atoms with E-state index in [4.69, 9.17) is 13.0 Å². The summed E-state index contributed by atoms with van der Waals surface area (Å²) in [5.74, 6) is 0. The van der Waals surface area contributed by atoms with E-state index in [-0.39, 0.29) is 0 Å². The molecule has 0 aromatic carbocycles. The lowest BCUT2D eigenvalue weighted by molar-refractivity contribution is 0.509. The molecule has 0 spiro atoms. The number of thiol groups is 1. The third kappa shape index (κ3) is 11200. The Balaban J connectivity index is 0. The zero-order valence-corrected chi connectivity index (χ0v) is 5.31. The van der Waals surface area contributed by atoms with Gasteiger partial charge in [-0.25, -0.2) is 8.42 Å². The Morgan fingerprint density at radius 3 is 1.43 bits per heavy atom. The van der Waals surface area contributed by atoms with Crippen LogP contribution in [0, 0.1) is 0 Å². The van der Waals surface area contributed by atoms with Crippen molar-refractivity contribution in [2.45, 2.75) is 20.3 Å². The van der Waals surface area contributed by atoms with Gasteiger partial charge in [-0.1, -0.05) is 20.3 Å². The van der Waals surface area contributed by atoms with Crippen molar-refractivity contribution in [3.05, 3.63) is 0 Å². The molecule has 1 N–H and O–H groups in total. The molecular formula is C3H10O3S. The zero-order valence-electron chi connectivity index (χ0n) is 4.42. The van der Waals surface area contributed by atoms with Crippen LogP contribution in [0.15, 0.2) is 0 Å². The molecule has 0 saturated heterocycles. The van der Waals surface area contributed by atoms with E-state index >= 15 is 0 Å². The minimum atomic E-state index is -3.12. The van der Waals surface area contributed by atoms with E-state index in [2.05, 4.69) is 13.8 Å². The molecule has 0 amide bonds. The Kier molecular flexibility index (Phi) is 13.3. The monoisotopic (exact) mass is 126 g/mol. The van der Waals surface area contributed by atoms with E-state index in [1.54, 1.807) is 0 Å². The summed E-state index contributed by atoms with van der Waals surface area (Å²) in [4.78, 5) is 0. The molecule has 0 heterocycles. The molecule has 46 valence electrons. The van der Waals surface area contributed by atoms with Gasteiger partial charge < -0.3 is 0 Å². The number of hydrogen-bond donors (Lipinski definition) is 2. The molecule has 4 heteroatoms. The predicted molar refractivity (Wildman–Crippen MR) is 28.9 cm³/mol. The molecule has 0 aliphatic rings. The fraction of sp³-hybridized carbons (Fsp3) is 1.00. The Labute approximate surface area is 45.1 Å². The Hall–Kier alpha value is -0.0900. The predicted octanol–water partition coefficient (Wildman–Crippen LogP) is 0.487. The normalized spacial score (nSPS) is 7.43. The van der Waals surface area contributed by atoms with Crippen LogP contribution < -0.4 is 0 Å². The fourth-order valence-electron chi connectivity index (χ4n) is 0. The highest BCUT2D eigenvalue weighted by Gasteiger charge is 1.44. The first-order valence-electron chi connectivity index (χ1n) is 1.98. The zero-order chi connectivity index (χ0) is 6.28. The maximum Gasteiger partial charge on any atom is 0.254 e. The molecule has 7 heavy (non-hydrogen) atoms. The second-order valence-electron chi connectivity index (χ2n) is 0.945. The minimum Gasteiger partial charge on any atom is -0.288 e. The fourth-order valence-corrected chi connectivity index (χ4v) is 0. The van der Waals surface area contributed by atoms with Crippen LogP contribution in [0.2, 0.25) is 0 Å². The molecule has 3 nitrogen and oxygen atoms in total. The highest BCUT2D eigenvalue weighted by Crippen LogP contribution is 1.56. The smallest absolute Gasteiger partial charge is 0.254 e. The summed E-state index contributed by atoms with van der Waals surface area (Å²) in [5.41, 5.74) is 0.